The molecule has 232 valence electrons. The van der Waals surface area contributed by atoms with Crippen molar-refractivity contribution < 1.29 is 0 Å². The third kappa shape index (κ3) is 3.74. The fourth-order valence-electron chi connectivity index (χ4n) is 8.72. The Morgan fingerprint density at radius 3 is 1.86 bits per heavy atom. The van der Waals surface area contributed by atoms with Gasteiger partial charge in [-0.3, -0.25) is 0 Å². The van der Waals surface area contributed by atoms with E-state index in [1.807, 2.05) is 11.3 Å². The van der Waals surface area contributed by atoms with Gasteiger partial charge in [0.2, 0.25) is 0 Å². The summed E-state index contributed by atoms with van der Waals surface area (Å²) in [5.41, 5.74) is 15.7. The molecule has 9 aromatic rings. The molecular formula is C48H29NS. The second kappa shape index (κ2) is 10.5. The highest BCUT2D eigenvalue weighted by molar-refractivity contribution is 7.20. The van der Waals surface area contributed by atoms with Crippen LogP contribution >= 0.6 is 11.3 Å². The molecule has 0 bridgehead atoms. The Balaban J connectivity index is 1.14. The Morgan fingerprint density at radius 1 is 0.420 bits per heavy atom. The molecule has 50 heavy (non-hydrogen) atoms. The second-order valence-electron chi connectivity index (χ2n) is 13.4. The molecular weight excluding hydrogens is 623 g/mol. The first-order chi connectivity index (χ1) is 24.8. The van der Waals surface area contributed by atoms with E-state index in [9.17, 15) is 0 Å². The standard InChI is InChI=1S/C48H29NS/c1-2-12-30(13-3-1)31-22-24-32(25-23-31)46-35-15-5-4-14-33(35)29-43(49-46)34-26-27-37-36-16-6-9-19-40(36)48(42(37)28-34)41-20-10-7-17-38(41)45-39-18-8-11-21-44(39)50-47(45)48/h1-29H. The fraction of sp³-hybridized carbons (Fsp3) is 0.0208. The van der Waals surface area contributed by atoms with E-state index in [4.69, 9.17) is 4.98 Å². The van der Waals surface area contributed by atoms with Gasteiger partial charge >= 0.3 is 0 Å². The van der Waals surface area contributed by atoms with E-state index in [-0.39, 0.29) is 5.41 Å². The van der Waals surface area contributed by atoms with Crippen molar-refractivity contribution in [2.45, 2.75) is 5.41 Å². The highest BCUT2D eigenvalue weighted by atomic mass is 32.1. The molecule has 0 radical (unpaired) electrons. The van der Waals surface area contributed by atoms with Gasteiger partial charge in [0.05, 0.1) is 16.8 Å². The third-order valence-electron chi connectivity index (χ3n) is 10.9. The van der Waals surface area contributed by atoms with Crippen LogP contribution in [0.2, 0.25) is 0 Å². The molecule has 2 aliphatic carbocycles. The number of fused-ring (bicyclic) bond motifs is 13. The molecule has 0 amide bonds. The predicted molar refractivity (Wildman–Crippen MR) is 210 cm³/mol. The molecule has 0 saturated heterocycles. The Kier molecular flexibility index (Phi) is 5.82. The van der Waals surface area contributed by atoms with E-state index in [0.717, 1.165) is 27.9 Å². The topological polar surface area (TPSA) is 12.9 Å². The van der Waals surface area contributed by atoms with Crippen molar-refractivity contribution in [1.82, 2.24) is 4.98 Å². The normalized spacial score (nSPS) is 15.3. The molecule has 0 aliphatic heterocycles. The molecule has 2 aliphatic rings. The second-order valence-corrected chi connectivity index (χ2v) is 14.5. The minimum atomic E-state index is -0.384. The smallest absolute Gasteiger partial charge is 0.0819 e. The van der Waals surface area contributed by atoms with Crippen molar-refractivity contribution in [3.05, 3.63) is 197 Å². The Hall–Kier alpha value is -6.09. The van der Waals surface area contributed by atoms with Gasteiger partial charge in [0, 0.05) is 37.0 Å². The van der Waals surface area contributed by atoms with E-state index >= 15 is 0 Å². The summed E-state index contributed by atoms with van der Waals surface area (Å²) in [6, 6.07) is 64.5. The van der Waals surface area contributed by atoms with Crippen molar-refractivity contribution in [2.75, 3.05) is 0 Å². The average molecular weight is 652 g/mol. The Morgan fingerprint density at radius 2 is 1.02 bits per heavy atom. The van der Waals surface area contributed by atoms with Gasteiger partial charge < -0.3 is 0 Å². The Bertz CT molecular complexity index is 2810. The minimum absolute atomic E-state index is 0.384. The first-order valence-electron chi connectivity index (χ1n) is 17.2. The fourth-order valence-corrected chi connectivity index (χ4v) is 10.2. The number of benzene rings is 7. The van der Waals surface area contributed by atoms with Crippen LogP contribution in [-0.4, -0.2) is 4.98 Å². The lowest BCUT2D eigenvalue weighted by molar-refractivity contribution is 0.812. The van der Waals surface area contributed by atoms with Gasteiger partial charge in [-0.25, -0.2) is 4.98 Å². The zero-order valence-electron chi connectivity index (χ0n) is 27.1. The molecule has 0 fully saturated rings. The highest BCUT2D eigenvalue weighted by Crippen LogP contribution is 2.66. The molecule has 0 saturated carbocycles. The van der Waals surface area contributed by atoms with E-state index in [0.29, 0.717) is 0 Å². The van der Waals surface area contributed by atoms with Crippen molar-refractivity contribution >= 4 is 32.2 Å². The van der Waals surface area contributed by atoms with Gasteiger partial charge in [0.15, 0.2) is 0 Å². The number of nitrogens with zero attached hydrogens (tertiary/aromatic N) is 1. The van der Waals surface area contributed by atoms with E-state index in [1.165, 1.54) is 70.4 Å². The Labute approximate surface area is 294 Å². The molecule has 0 N–H and O–H groups in total. The van der Waals surface area contributed by atoms with Gasteiger partial charge in [0.1, 0.15) is 0 Å². The number of hydrogen-bond acceptors (Lipinski definition) is 2. The summed E-state index contributed by atoms with van der Waals surface area (Å²) in [5, 5.41) is 3.70. The van der Waals surface area contributed by atoms with Crippen molar-refractivity contribution in [1.29, 1.82) is 0 Å². The maximum atomic E-state index is 5.46. The molecule has 7 aromatic carbocycles. The van der Waals surface area contributed by atoms with Crippen molar-refractivity contribution in [3.8, 4) is 55.9 Å². The largest absolute Gasteiger partial charge is 0.247 e. The van der Waals surface area contributed by atoms with Crippen LogP contribution in [0.5, 0.6) is 0 Å². The summed E-state index contributed by atoms with van der Waals surface area (Å²) in [4.78, 5) is 6.88. The number of rotatable bonds is 3. The van der Waals surface area contributed by atoms with Crippen LogP contribution in [-0.2, 0) is 5.41 Å². The van der Waals surface area contributed by atoms with Crippen LogP contribution in [0.1, 0.15) is 21.6 Å². The summed E-state index contributed by atoms with van der Waals surface area (Å²) in [7, 11) is 0. The summed E-state index contributed by atoms with van der Waals surface area (Å²) in [6.07, 6.45) is 0. The lowest BCUT2D eigenvalue weighted by Gasteiger charge is -2.29. The van der Waals surface area contributed by atoms with Gasteiger partial charge in [-0.05, 0) is 68.1 Å². The molecule has 11 rings (SSSR count). The number of aromatic nitrogens is 1. The average Bonchev–Trinajstić information content (AvgIpc) is 3.81. The van der Waals surface area contributed by atoms with E-state index < -0.39 is 0 Å². The summed E-state index contributed by atoms with van der Waals surface area (Å²) >= 11 is 1.95. The van der Waals surface area contributed by atoms with Crippen molar-refractivity contribution in [2.24, 2.45) is 0 Å². The highest BCUT2D eigenvalue weighted by Gasteiger charge is 2.53. The van der Waals surface area contributed by atoms with Crippen LogP contribution in [0.25, 0.3) is 76.8 Å². The molecule has 2 heterocycles. The van der Waals surface area contributed by atoms with Crippen LogP contribution < -0.4 is 0 Å². The van der Waals surface area contributed by atoms with Crippen LogP contribution in [0, 0.1) is 0 Å². The first-order valence-corrected chi connectivity index (χ1v) is 18.0. The van der Waals surface area contributed by atoms with Crippen LogP contribution in [0.3, 0.4) is 0 Å². The summed E-state index contributed by atoms with van der Waals surface area (Å²) < 4.78 is 1.34. The molecule has 1 spiro atoms. The predicted octanol–water partition coefficient (Wildman–Crippen LogP) is 12.8. The van der Waals surface area contributed by atoms with E-state index in [1.54, 1.807) is 0 Å². The van der Waals surface area contributed by atoms with Crippen molar-refractivity contribution in [3.63, 3.8) is 0 Å². The minimum Gasteiger partial charge on any atom is -0.247 e. The zero-order valence-corrected chi connectivity index (χ0v) is 27.9. The van der Waals surface area contributed by atoms with Gasteiger partial charge in [-0.2, -0.15) is 0 Å². The van der Waals surface area contributed by atoms with Gasteiger partial charge in [0.25, 0.3) is 0 Å². The quantitative estimate of drug-likeness (QED) is 0.185. The SMILES string of the molecule is c1ccc(-c2ccc(-c3nc(-c4ccc5c(c4)C4(c6ccccc6-5)c5ccccc5-c5c4sc4ccccc54)cc4ccccc34)cc2)cc1. The first kappa shape index (κ1) is 27.8. The van der Waals surface area contributed by atoms with E-state index in [2.05, 4.69) is 176 Å². The molecule has 1 unspecified atom stereocenters. The summed E-state index contributed by atoms with van der Waals surface area (Å²) in [6.45, 7) is 0. The molecule has 2 aromatic heterocycles. The maximum absolute atomic E-state index is 5.46. The summed E-state index contributed by atoms with van der Waals surface area (Å²) in [5.74, 6) is 0. The monoisotopic (exact) mass is 651 g/mol. The van der Waals surface area contributed by atoms with Crippen LogP contribution in [0.4, 0.5) is 0 Å². The molecule has 1 nitrogen and oxygen atoms in total. The number of thiophene rings is 1. The lowest BCUT2D eigenvalue weighted by Crippen LogP contribution is -2.24. The third-order valence-corrected chi connectivity index (χ3v) is 12.2. The number of hydrogen-bond donors (Lipinski definition) is 0. The molecule has 2 heteroatoms. The van der Waals surface area contributed by atoms with Gasteiger partial charge in [-0.1, -0.05) is 158 Å². The number of pyridine rings is 1. The molecule has 1 atom stereocenters. The lowest BCUT2D eigenvalue weighted by atomic mass is 9.73. The van der Waals surface area contributed by atoms with Crippen LogP contribution in [0.15, 0.2) is 176 Å². The maximum Gasteiger partial charge on any atom is 0.0819 e. The van der Waals surface area contributed by atoms with Gasteiger partial charge in [-0.15, -0.1) is 11.3 Å². The zero-order chi connectivity index (χ0) is 32.8.